The van der Waals surface area contributed by atoms with Crippen molar-refractivity contribution in [2.24, 2.45) is 0 Å². The van der Waals surface area contributed by atoms with E-state index in [1.807, 2.05) is 23.2 Å². The van der Waals surface area contributed by atoms with Crippen LogP contribution < -0.4 is 5.32 Å². The third-order valence-electron chi connectivity index (χ3n) is 3.44. The lowest BCUT2D eigenvalue weighted by Crippen LogP contribution is -2.48. The van der Waals surface area contributed by atoms with Crippen molar-refractivity contribution in [3.63, 3.8) is 0 Å². The van der Waals surface area contributed by atoms with Crippen LogP contribution in [-0.2, 0) is 13.1 Å². The predicted molar refractivity (Wildman–Crippen MR) is 99.1 cm³/mol. The highest BCUT2D eigenvalue weighted by molar-refractivity contribution is 7.80. The van der Waals surface area contributed by atoms with E-state index in [1.54, 1.807) is 18.3 Å². The first kappa shape index (κ1) is 18.4. The van der Waals surface area contributed by atoms with E-state index in [1.165, 1.54) is 6.07 Å². The lowest BCUT2D eigenvalue weighted by atomic mass is 10.1. The molecule has 4 nitrogen and oxygen atoms in total. The highest BCUT2D eigenvalue weighted by Gasteiger charge is 2.17. The van der Waals surface area contributed by atoms with Gasteiger partial charge < -0.3 is 14.8 Å². The second-order valence-electron chi connectivity index (χ2n) is 6.89. The van der Waals surface area contributed by atoms with E-state index >= 15 is 0 Å². The molecule has 0 bridgehead atoms. The molecular formula is C18H25FN4S. The largest absolute Gasteiger partial charge is 0.358 e. The smallest absolute Gasteiger partial charge is 0.169 e. The van der Waals surface area contributed by atoms with Crippen molar-refractivity contribution in [2.75, 3.05) is 6.54 Å². The summed E-state index contributed by atoms with van der Waals surface area (Å²) in [6.07, 6.45) is 6.46. The highest BCUT2D eigenvalue weighted by atomic mass is 32.1. The Labute approximate surface area is 148 Å². The average Bonchev–Trinajstić information content (AvgIpc) is 2.97. The summed E-state index contributed by atoms with van der Waals surface area (Å²) >= 11 is 5.57. The number of halogens is 1. The molecule has 1 aromatic heterocycles. The molecule has 0 unspecified atom stereocenters. The van der Waals surface area contributed by atoms with Gasteiger partial charge in [-0.15, -0.1) is 0 Å². The molecule has 0 amide bonds. The molecule has 2 aromatic rings. The van der Waals surface area contributed by atoms with Gasteiger partial charge >= 0.3 is 0 Å². The van der Waals surface area contributed by atoms with E-state index < -0.39 is 0 Å². The predicted octanol–water partition coefficient (Wildman–Crippen LogP) is 3.59. The van der Waals surface area contributed by atoms with E-state index in [0.717, 1.165) is 25.1 Å². The minimum Gasteiger partial charge on any atom is -0.358 e. The summed E-state index contributed by atoms with van der Waals surface area (Å²) in [7, 11) is 0. The van der Waals surface area contributed by atoms with Gasteiger partial charge in [0, 0.05) is 37.6 Å². The lowest BCUT2D eigenvalue weighted by Gasteiger charge is -2.31. The third-order valence-corrected chi connectivity index (χ3v) is 3.80. The average molecular weight is 348 g/mol. The van der Waals surface area contributed by atoms with Crippen LogP contribution in [0.4, 0.5) is 4.39 Å². The van der Waals surface area contributed by atoms with Gasteiger partial charge in [-0.05, 0) is 57.1 Å². The van der Waals surface area contributed by atoms with Gasteiger partial charge in [-0.1, -0.05) is 12.1 Å². The Morgan fingerprint density at radius 3 is 2.79 bits per heavy atom. The van der Waals surface area contributed by atoms with Gasteiger partial charge in [0.05, 0.1) is 6.33 Å². The van der Waals surface area contributed by atoms with Gasteiger partial charge in [-0.3, -0.25) is 0 Å². The Bertz CT molecular complexity index is 649. The van der Waals surface area contributed by atoms with Crippen LogP contribution in [0.3, 0.4) is 0 Å². The number of imidazole rings is 1. The fourth-order valence-corrected chi connectivity index (χ4v) is 2.83. The normalized spacial score (nSPS) is 11.3. The topological polar surface area (TPSA) is 33.1 Å². The second-order valence-corrected chi connectivity index (χ2v) is 7.27. The van der Waals surface area contributed by atoms with E-state index in [2.05, 4.69) is 36.0 Å². The Kier molecular flexibility index (Phi) is 6.31. The van der Waals surface area contributed by atoms with E-state index in [9.17, 15) is 4.39 Å². The molecule has 0 radical (unpaired) electrons. The minimum absolute atomic E-state index is 0.110. The Morgan fingerprint density at radius 1 is 1.38 bits per heavy atom. The SMILES string of the molecule is CC(C)(C)NC(=S)N(CCCn1ccnc1)Cc1cccc(F)c1. The van der Waals surface area contributed by atoms with Crippen LogP contribution in [-0.4, -0.2) is 31.6 Å². The molecular weight excluding hydrogens is 323 g/mol. The number of aromatic nitrogens is 2. The summed E-state index contributed by atoms with van der Waals surface area (Å²) in [5.41, 5.74) is 0.803. The number of nitrogens with zero attached hydrogens (tertiary/aromatic N) is 3. The van der Waals surface area contributed by atoms with E-state index in [0.29, 0.717) is 11.7 Å². The summed E-state index contributed by atoms with van der Waals surface area (Å²) in [4.78, 5) is 6.14. The molecule has 0 saturated heterocycles. The fraction of sp³-hybridized carbons (Fsp3) is 0.444. The van der Waals surface area contributed by atoms with Crippen molar-refractivity contribution in [1.82, 2.24) is 19.8 Å². The number of thiocarbonyl (C=S) groups is 1. The van der Waals surface area contributed by atoms with Crippen LogP contribution in [0.2, 0.25) is 0 Å². The molecule has 0 spiro atoms. The van der Waals surface area contributed by atoms with Gasteiger partial charge in [0.1, 0.15) is 5.82 Å². The summed E-state index contributed by atoms with van der Waals surface area (Å²) < 4.78 is 15.5. The summed E-state index contributed by atoms with van der Waals surface area (Å²) in [5.74, 6) is -0.222. The maximum absolute atomic E-state index is 13.5. The molecule has 0 saturated carbocycles. The number of nitrogens with one attached hydrogen (secondary N) is 1. The minimum atomic E-state index is -0.222. The van der Waals surface area contributed by atoms with Crippen molar-refractivity contribution in [1.29, 1.82) is 0 Å². The van der Waals surface area contributed by atoms with Crippen LogP contribution in [0.1, 0.15) is 32.8 Å². The van der Waals surface area contributed by atoms with Crippen molar-refractivity contribution >= 4 is 17.3 Å². The van der Waals surface area contributed by atoms with Crippen LogP contribution in [0, 0.1) is 5.82 Å². The standard InChI is InChI=1S/C18H25FN4S/c1-18(2,3)21-17(24)23(10-5-9-22-11-8-20-14-22)13-15-6-4-7-16(19)12-15/h4,6-8,11-12,14H,5,9-10,13H2,1-3H3,(H,21,24). The molecule has 1 aromatic carbocycles. The van der Waals surface area contributed by atoms with Gasteiger partial charge in [-0.25, -0.2) is 9.37 Å². The molecule has 1 heterocycles. The molecule has 1 N–H and O–H groups in total. The zero-order chi connectivity index (χ0) is 17.6. The first-order valence-corrected chi connectivity index (χ1v) is 8.51. The molecule has 6 heteroatoms. The van der Waals surface area contributed by atoms with Crippen molar-refractivity contribution in [2.45, 2.75) is 45.8 Å². The Hall–Kier alpha value is -1.95. The monoisotopic (exact) mass is 348 g/mol. The van der Waals surface area contributed by atoms with E-state index in [-0.39, 0.29) is 11.4 Å². The van der Waals surface area contributed by atoms with Gasteiger partial charge in [0.25, 0.3) is 0 Å². The van der Waals surface area contributed by atoms with Crippen molar-refractivity contribution in [3.05, 3.63) is 54.4 Å². The number of rotatable bonds is 6. The van der Waals surface area contributed by atoms with Gasteiger partial charge in [-0.2, -0.15) is 0 Å². The molecule has 0 aliphatic heterocycles. The van der Waals surface area contributed by atoms with Gasteiger partial charge in [0.15, 0.2) is 5.11 Å². The Balaban J connectivity index is 2.01. The first-order chi connectivity index (χ1) is 11.3. The number of hydrogen-bond donors (Lipinski definition) is 1. The summed E-state index contributed by atoms with van der Waals surface area (Å²) in [6, 6.07) is 6.67. The highest BCUT2D eigenvalue weighted by Crippen LogP contribution is 2.10. The van der Waals surface area contributed by atoms with Crippen LogP contribution in [0.15, 0.2) is 43.0 Å². The zero-order valence-corrected chi connectivity index (χ0v) is 15.3. The van der Waals surface area contributed by atoms with Crippen LogP contribution >= 0.6 is 12.2 Å². The van der Waals surface area contributed by atoms with Crippen molar-refractivity contribution in [3.8, 4) is 0 Å². The van der Waals surface area contributed by atoms with Crippen LogP contribution in [0.25, 0.3) is 0 Å². The van der Waals surface area contributed by atoms with Gasteiger partial charge in [0.2, 0.25) is 0 Å². The molecule has 24 heavy (non-hydrogen) atoms. The van der Waals surface area contributed by atoms with Crippen LogP contribution in [0.5, 0.6) is 0 Å². The molecule has 0 fully saturated rings. The fourth-order valence-electron chi connectivity index (χ4n) is 2.37. The first-order valence-electron chi connectivity index (χ1n) is 8.11. The molecule has 0 aliphatic rings. The number of aryl methyl sites for hydroxylation is 1. The summed E-state index contributed by atoms with van der Waals surface area (Å²) in [6.45, 7) is 8.47. The zero-order valence-electron chi connectivity index (χ0n) is 14.5. The van der Waals surface area contributed by atoms with E-state index in [4.69, 9.17) is 12.2 Å². The number of hydrogen-bond acceptors (Lipinski definition) is 2. The second kappa shape index (κ2) is 8.24. The molecule has 0 atom stereocenters. The van der Waals surface area contributed by atoms with Crippen molar-refractivity contribution < 1.29 is 4.39 Å². The third kappa shape index (κ3) is 6.28. The lowest BCUT2D eigenvalue weighted by molar-refractivity contribution is 0.366. The summed E-state index contributed by atoms with van der Waals surface area (Å²) in [5, 5.41) is 4.03. The molecule has 130 valence electrons. The maximum atomic E-state index is 13.5. The maximum Gasteiger partial charge on any atom is 0.169 e. The quantitative estimate of drug-likeness (QED) is 0.809. The molecule has 2 rings (SSSR count). The number of benzene rings is 1. The molecule has 0 aliphatic carbocycles. The Morgan fingerprint density at radius 2 is 2.17 bits per heavy atom.